The minimum absolute atomic E-state index is 0.330. The van der Waals surface area contributed by atoms with Gasteiger partial charge in [0.25, 0.3) is 0 Å². The molecule has 72 heavy (non-hydrogen) atoms. The van der Waals surface area contributed by atoms with E-state index in [4.69, 9.17) is 4.42 Å². The monoisotopic (exact) mass is 920 g/mol. The van der Waals surface area contributed by atoms with Gasteiger partial charge in [0, 0.05) is 50.1 Å². The first-order valence-electron chi connectivity index (χ1n) is 24.9. The number of para-hydroxylation sites is 2. The van der Waals surface area contributed by atoms with Crippen molar-refractivity contribution in [1.29, 1.82) is 0 Å². The predicted octanol–water partition coefficient (Wildman–Crippen LogP) is 19.1. The minimum atomic E-state index is -0.330. The highest BCUT2D eigenvalue weighted by Gasteiger charge is 2.40. The van der Waals surface area contributed by atoms with Gasteiger partial charge in [0.2, 0.25) is 0 Å². The van der Waals surface area contributed by atoms with Crippen molar-refractivity contribution in [2.45, 2.75) is 19.3 Å². The Bertz CT molecular complexity index is 4160. The summed E-state index contributed by atoms with van der Waals surface area (Å²) in [4.78, 5) is 2.51. The second kappa shape index (κ2) is 16.5. The molecule has 0 unspecified atom stereocenters. The molecule has 0 amide bonds. The van der Waals surface area contributed by atoms with Gasteiger partial charge in [0.05, 0.1) is 16.7 Å². The Hall–Kier alpha value is -9.18. The first-order valence-corrected chi connectivity index (χ1v) is 24.9. The van der Waals surface area contributed by atoms with E-state index in [1.807, 2.05) is 6.07 Å². The summed E-state index contributed by atoms with van der Waals surface area (Å²) in [6.07, 6.45) is 0. The molecule has 0 bridgehead atoms. The molecule has 0 fully saturated rings. The Morgan fingerprint density at radius 2 is 0.889 bits per heavy atom. The molecule has 11 aromatic carbocycles. The largest absolute Gasteiger partial charge is 0.456 e. The van der Waals surface area contributed by atoms with Crippen molar-refractivity contribution in [3.8, 4) is 61.3 Å². The van der Waals surface area contributed by atoms with E-state index in [-0.39, 0.29) is 5.41 Å². The van der Waals surface area contributed by atoms with Crippen LogP contribution < -0.4 is 4.90 Å². The van der Waals surface area contributed by atoms with E-state index < -0.39 is 0 Å². The smallest absolute Gasteiger partial charge is 0.137 e. The van der Waals surface area contributed by atoms with Crippen LogP contribution in [0.3, 0.4) is 0 Å². The number of anilines is 3. The van der Waals surface area contributed by atoms with Gasteiger partial charge in [-0.3, -0.25) is 0 Å². The quantitative estimate of drug-likeness (QED) is 0.151. The lowest BCUT2D eigenvalue weighted by atomic mass is 9.80. The van der Waals surface area contributed by atoms with Crippen LogP contribution in [-0.4, -0.2) is 4.57 Å². The highest BCUT2D eigenvalue weighted by atomic mass is 16.3. The summed E-state index contributed by atoms with van der Waals surface area (Å²) in [5.74, 6) is 0. The Kier molecular flexibility index (Phi) is 9.56. The molecule has 0 atom stereocenters. The van der Waals surface area contributed by atoms with Crippen molar-refractivity contribution in [1.82, 2.24) is 4.57 Å². The maximum atomic E-state index is 6.69. The lowest BCUT2D eigenvalue weighted by Gasteiger charge is -2.33. The number of hydrogen-bond donors (Lipinski definition) is 0. The topological polar surface area (TPSA) is 21.3 Å². The van der Waals surface area contributed by atoms with Gasteiger partial charge in [0.1, 0.15) is 11.2 Å². The highest BCUT2D eigenvalue weighted by Crippen LogP contribution is 2.56. The Balaban J connectivity index is 1.04. The standard InChI is InChI=1S/C69H48N2O/c1-69(2)62-27-15-12-24-56(62)61-41-52(49-32-36-58-57-25-13-16-28-63(57)71(64(58)42-49)53-33-30-48(31-34-53)45-18-6-3-7-19-45)43-65(68(61)69)70(54-35-37-60-59-26-14-17-29-66(59)72-67(60)44-54)55-39-50(46-20-8-4-9-21-46)38-51(40-55)47-22-10-5-11-23-47/h3-44H,1-2H3. The summed E-state index contributed by atoms with van der Waals surface area (Å²) in [7, 11) is 0. The van der Waals surface area contributed by atoms with E-state index in [2.05, 4.69) is 272 Å². The average Bonchev–Trinajstić information content (AvgIpc) is 4.06. The first-order chi connectivity index (χ1) is 35.4. The molecule has 0 saturated heterocycles. The van der Waals surface area contributed by atoms with Gasteiger partial charge in [-0.15, -0.1) is 0 Å². The van der Waals surface area contributed by atoms with Gasteiger partial charge >= 0.3 is 0 Å². The number of rotatable bonds is 8. The van der Waals surface area contributed by atoms with Crippen molar-refractivity contribution < 1.29 is 4.42 Å². The zero-order chi connectivity index (χ0) is 47.9. The van der Waals surface area contributed by atoms with Gasteiger partial charge in [-0.1, -0.05) is 190 Å². The average molecular weight is 921 g/mol. The Morgan fingerprint density at radius 1 is 0.347 bits per heavy atom. The molecular formula is C69H48N2O. The van der Waals surface area contributed by atoms with Crippen molar-refractivity contribution in [2.24, 2.45) is 0 Å². The van der Waals surface area contributed by atoms with Crippen molar-refractivity contribution in [3.05, 3.63) is 266 Å². The van der Waals surface area contributed by atoms with Crippen LogP contribution in [0.1, 0.15) is 25.0 Å². The summed E-state index contributed by atoms with van der Waals surface area (Å²) in [5, 5.41) is 4.67. The van der Waals surface area contributed by atoms with Gasteiger partial charge < -0.3 is 13.9 Å². The third kappa shape index (κ3) is 6.73. The van der Waals surface area contributed by atoms with Crippen LogP contribution in [0.15, 0.2) is 259 Å². The third-order valence-electron chi connectivity index (χ3n) is 15.1. The molecular weight excluding hydrogens is 873 g/mol. The van der Waals surface area contributed by atoms with E-state index in [1.165, 1.54) is 55.2 Å². The van der Waals surface area contributed by atoms with Gasteiger partial charge in [-0.2, -0.15) is 0 Å². The Labute approximate surface area is 419 Å². The van der Waals surface area contributed by atoms with E-state index in [0.717, 1.165) is 78.1 Å². The van der Waals surface area contributed by atoms with Gasteiger partial charge in [0.15, 0.2) is 0 Å². The first kappa shape index (κ1) is 41.8. The molecule has 0 radical (unpaired) electrons. The normalized spacial score (nSPS) is 12.7. The lowest BCUT2D eigenvalue weighted by molar-refractivity contribution is 0.660. The maximum Gasteiger partial charge on any atom is 0.137 e. The minimum Gasteiger partial charge on any atom is -0.456 e. The zero-order valence-corrected chi connectivity index (χ0v) is 40.1. The van der Waals surface area contributed by atoms with E-state index in [1.54, 1.807) is 0 Å². The number of benzene rings is 11. The van der Waals surface area contributed by atoms with E-state index in [0.29, 0.717) is 0 Å². The molecule has 0 saturated carbocycles. The molecule has 2 heterocycles. The van der Waals surface area contributed by atoms with Crippen LogP contribution in [0.5, 0.6) is 0 Å². The summed E-state index contributed by atoms with van der Waals surface area (Å²) in [6, 6.07) is 93.1. The predicted molar refractivity (Wildman–Crippen MR) is 302 cm³/mol. The second-order valence-electron chi connectivity index (χ2n) is 19.7. The van der Waals surface area contributed by atoms with Crippen LogP contribution in [0, 0.1) is 0 Å². The number of furan rings is 1. The van der Waals surface area contributed by atoms with Crippen molar-refractivity contribution in [2.75, 3.05) is 4.90 Å². The van der Waals surface area contributed by atoms with Crippen LogP contribution in [0.4, 0.5) is 17.1 Å². The molecule has 1 aliphatic carbocycles. The summed E-state index contributed by atoms with van der Waals surface area (Å²) in [5.41, 5.74) is 22.5. The molecule has 3 nitrogen and oxygen atoms in total. The Morgan fingerprint density at radius 3 is 1.61 bits per heavy atom. The van der Waals surface area contributed by atoms with Crippen molar-refractivity contribution >= 4 is 60.8 Å². The fraction of sp³-hybridized carbons (Fsp3) is 0.0435. The highest BCUT2D eigenvalue weighted by molar-refractivity contribution is 6.11. The number of aromatic nitrogens is 1. The molecule has 2 aromatic heterocycles. The second-order valence-corrected chi connectivity index (χ2v) is 19.7. The molecule has 3 heteroatoms. The SMILES string of the molecule is CC1(C)c2ccccc2-c2cc(-c3ccc4c5ccccc5n(-c5ccc(-c6ccccc6)cc5)c4c3)cc(N(c3cc(-c4ccccc4)cc(-c4ccccc4)c3)c3ccc4c(c3)oc3ccccc34)c21. The van der Waals surface area contributed by atoms with Crippen LogP contribution in [0.25, 0.3) is 105 Å². The fourth-order valence-electron chi connectivity index (χ4n) is 11.7. The number of fused-ring (bicyclic) bond motifs is 9. The zero-order valence-electron chi connectivity index (χ0n) is 40.1. The van der Waals surface area contributed by atoms with Crippen LogP contribution in [-0.2, 0) is 5.41 Å². The van der Waals surface area contributed by atoms with Crippen LogP contribution >= 0.6 is 0 Å². The van der Waals surface area contributed by atoms with Gasteiger partial charge in [-0.25, -0.2) is 0 Å². The molecule has 0 N–H and O–H groups in total. The third-order valence-corrected chi connectivity index (χ3v) is 15.1. The number of nitrogens with zero attached hydrogens (tertiary/aromatic N) is 2. The maximum absolute atomic E-state index is 6.69. The fourth-order valence-corrected chi connectivity index (χ4v) is 11.7. The van der Waals surface area contributed by atoms with Gasteiger partial charge in [-0.05, 0) is 140 Å². The molecule has 13 aromatic rings. The summed E-state index contributed by atoms with van der Waals surface area (Å²) >= 11 is 0. The lowest BCUT2D eigenvalue weighted by Crippen LogP contribution is -2.21. The van der Waals surface area contributed by atoms with E-state index >= 15 is 0 Å². The van der Waals surface area contributed by atoms with E-state index in [9.17, 15) is 0 Å². The molecule has 0 spiro atoms. The van der Waals surface area contributed by atoms with Crippen molar-refractivity contribution in [3.63, 3.8) is 0 Å². The van der Waals surface area contributed by atoms with Crippen LogP contribution in [0.2, 0.25) is 0 Å². The number of hydrogen-bond acceptors (Lipinski definition) is 2. The summed E-state index contributed by atoms with van der Waals surface area (Å²) in [6.45, 7) is 4.79. The molecule has 14 rings (SSSR count). The summed E-state index contributed by atoms with van der Waals surface area (Å²) < 4.78 is 9.13. The molecule has 340 valence electrons. The molecule has 1 aliphatic rings. The molecule has 0 aliphatic heterocycles.